The van der Waals surface area contributed by atoms with E-state index < -0.39 is 6.04 Å². The van der Waals surface area contributed by atoms with Gasteiger partial charge in [0.05, 0.1) is 17.6 Å². The Labute approximate surface area is 121 Å². The Bertz CT molecular complexity index is 697. The molecule has 3 rings (SSSR count). The van der Waals surface area contributed by atoms with Crippen LogP contribution in [-0.4, -0.2) is 22.6 Å². The number of rotatable bonds is 3. The van der Waals surface area contributed by atoms with Crippen molar-refractivity contribution in [1.29, 1.82) is 0 Å². The van der Waals surface area contributed by atoms with Crippen LogP contribution >= 0.6 is 0 Å². The minimum absolute atomic E-state index is 0.202. The molecule has 1 amide bonds. The Morgan fingerprint density at radius 3 is 2.67 bits per heavy atom. The van der Waals surface area contributed by atoms with Crippen LogP contribution in [0.2, 0.25) is 0 Å². The molecule has 0 saturated heterocycles. The van der Waals surface area contributed by atoms with Gasteiger partial charge in [-0.15, -0.1) is 0 Å². The quantitative estimate of drug-likeness (QED) is 0.810. The molecule has 1 aromatic heterocycles. The summed E-state index contributed by atoms with van der Waals surface area (Å²) in [5.41, 5.74) is 1.95. The molecule has 104 valence electrons. The number of pyridine rings is 1. The van der Waals surface area contributed by atoms with E-state index in [0.29, 0.717) is 11.4 Å². The van der Waals surface area contributed by atoms with Gasteiger partial charge in [-0.25, -0.2) is 0 Å². The zero-order valence-electron chi connectivity index (χ0n) is 11.4. The van der Waals surface area contributed by atoms with Crippen molar-refractivity contribution in [3.63, 3.8) is 0 Å². The van der Waals surface area contributed by atoms with Crippen molar-refractivity contribution in [3.8, 4) is 0 Å². The third-order valence-corrected chi connectivity index (χ3v) is 3.03. The standard InChI is InChI=1S/C15H13N5O/c1-11-14(18-17-12-6-5-9-16-10-12)15(21)20(19-11)13-7-3-2-4-8-13/h2-10,14H,1H3. The second-order valence-corrected chi connectivity index (χ2v) is 4.56. The van der Waals surface area contributed by atoms with Crippen molar-refractivity contribution < 1.29 is 4.79 Å². The van der Waals surface area contributed by atoms with Crippen molar-refractivity contribution in [3.05, 3.63) is 54.9 Å². The number of hydrazone groups is 1. The van der Waals surface area contributed by atoms with Crippen LogP contribution in [0.5, 0.6) is 0 Å². The van der Waals surface area contributed by atoms with E-state index >= 15 is 0 Å². The summed E-state index contributed by atoms with van der Waals surface area (Å²) in [6, 6.07) is 12.1. The van der Waals surface area contributed by atoms with Gasteiger partial charge in [-0.2, -0.15) is 20.3 Å². The molecule has 0 aliphatic carbocycles. The molecule has 0 saturated carbocycles. The van der Waals surface area contributed by atoms with Crippen molar-refractivity contribution in [2.75, 3.05) is 5.01 Å². The summed E-state index contributed by atoms with van der Waals surface area (Å²) in [7, 11) is 0. The van der Waals surface area contributed by atoms with E-state index in [1.165, 1.54) is 5.01 Å². The van der Waals surface area contributed by atoms with Crippen LogP contribution in [0.1, 0.15) is 6.92 Å². The number of nitrogens with zero attached hydrogens (tertiary/aromatic N) is 5. The molecular formula is C15H13N5O. The molecule has 0 fully saturated rings. The normalized spacial score (nSPS) is 18.3. The van der Waals surface area contributed by atoms with E-state index in [1.807, 2.05) is 30.3 Å². The smallest absolute Gasteiger partial charge is 0.269 e. The highest BCUT2D eigenvalue weighted by Crippen LogP contribution is 2.22. The molecular weight excluding hydrogens is 266 g/mol. The minimum Gasteiger partial charge on any atom is -0.269 e. The molecule has 0 N–H and O–H groups in total. The van der Waals surface area contributed by atoms with E-state index in [9.17, 15) is 4.79 Å². The molecule has 6 nitrogen and oxygen atoms in total. The van der Waals surface area contributed by atoms with Gasteiger partial charge in [0, 0.05) is 6.20 Å². The molecule has 1 aliphatic heterocycles. The SMILES string of the molecule is CC1=NN(c2ccccc2)C(=O)C1N=Nc1cccnc1. The van der Waals surface area contributed by atoms with Gasteiger partial charge in [-0.1, -0.05) is 18.2 Å². The first-order chi connectivity index (χ1) is 10.3. The maximum absolute atomic E-state index is 12.4. The van der Waals surface area contributed by atoms with Crippen LogP contribution < -0.4 is 5.01 Å². The number of carbonyl (C=O) groups excluding carboxylic acids is 1. The molecule has 0 spiro atoms. The van der Waals surface area contributed by atoms with Gasteiger partial charge in [-0.3, -0.25) is 9.78 Å². The Balaban J connectivity index is 1.81. The van der Waals surface area contributed by atoms with Crippen LogP contribution in [0.25, 0.3) is 0 Å². The van der Waals surface area contributed by atoms with E-state index in [4.69, 9.17) is 0 Å². The summed E-state index contributed by atoms with van der Waals surface area (Å²) in [6.45, 7) is 1.77. The maximum atomic E-state index is 12.4. The highest BCUT2D eigenvalue weighted by Gasteiger charge is 2.34. The zero-order valence-corrected chi connectivity index (χ0v) is 11.4. The summed E-state index contributed by atoms with van der Waals surface area (Å²) >= 11 is 0. The molecule has 1 atom stereocenters. The van der Waals surface area contributed by atoms with Gasteiger partial charge in [0.1, 0.15) is 5.69 Å². The largest absolute Gasteiger partial charge is 0.280 e. The third-order valence-electron chi connectivity index (χ3n) is 3.03. The van der Waals surface area contributed by atoms with Crippen molar-refractivity contribution in [1.82, 2.24) is 4.98 Å². The number of benzene rings is 1. The zero-order chi connectivity index (χ0) is 14.7. The second-order valence-electron chi connectivity index (χ2n) is 4.56. The summed E-state index contributed by atoms with van der Waals surface area (Å²) in [4.78, 5) is 16.3. The highest BCUT2D eigenvalue weighted by atomic mass is 16.2. The minimum atomic E-state index is -0.676. The third kappa shape index (κ3) is 2.69. The molecule has 1 aliphatic rings. The van der Waals surface area contributed by atoms with E-state index in [1.54, 1.807) is 31.5 Å². The topological polar surface area (TPSA) is 70.3 Å². The Hall–Kier alpha value is -2.89. The molecule has 2 aromatic rings. The fraction of sp³-hybridized carbons (Fsp3) is 0.133. The fourth-order valence-electron chi connectivity index (χ4n) is 1.98. The fourth-order valence-corrected chi connectivity index (χ4v) is 1.98. The first-order valence-electron chi connectivity index (χ1n) is 6.51. The highest BCUT2D eigenvalue weighted by molar-refractivity contribution is 6.18. The van der Waals surface area contributed by atoms with Crippen LogP contribution in [0.4, 0.5) is 11.4 Å². The Morgan fingerprint density at radius 2 is 1.95 bits per heavy atom. The molecule has 0 radical (unpaired) electrons. The summed E-state index contributed by atoms with van der Waals surface area (Å²) < 4.78 is 0. The van der Waals surface area contributed by atoms with Crippen molar-refractivity contribution >= 4 is 23.0 Å². The molecule has 1 unspecified atom stereocenters. The number of azo groups is 1. The van der Waals surface area contributed by atoms with Crippen LogP contribution in [-0.2, 0) is 4.79 Å². The van der Waals surface area contributed by atoms with Crippen molar-refractivity contribution in [2.45, 2.75) is 13.0 Å². The Kier molecular flexibility index (Phi) is 3.51. The number of amides is 1. The molecule has 2 heterocycles. The van der Waals surface area contributed by atoms with Crippen molar-refractivity contribution in [2.24, 2.45) is 15.3 Å². The predicted molar refractivity (Wildman–Crippen MR) is 79.6 cm³/mol. The number of para-hydroxylation sites is 1. The van der Waals surface area contributed by atoms with E-state index in [2.05, 4.69) is 20.3 Å². The lowest BCUT2D eigenvalue weighted by Crippen LogP contribution is -2.29. The van der Waals surface area contributed by atoms with Gasteiger partial charge in [-0.05, 0) is 31.2 Å². The monoisotopic (exact) mass is 279 g/mol. The molecule has 21 heavy (non-hydrogen) atoms. The van der Waals surface area contributed by atoms with Crippen LogP contribution in [0.15, 0.2) is 70.2 Å². The lowest BCUT2D eigenvalue weighted by atomic mass is 10.2. The molecule has 0 bridgehead atoms. The van der Waals surface area contributed by atoms with Gasteiger partial charge < -0.3 is 0 Å². The average molecular weight is 279 g/mol. The molecule has 6 heteroatoms. The average Bonchev–Trinajstić information content (AvgIpc) is 2.82. The predicted octanol–water partition coefficient (Wildman–Crippen LogP) is 2.96. The summed E-state index contributed by atoms with van der Waals surface area (Å²) in [5, 5.41) is 13.8. The van der Waals surface area contributed by atoms with E-state index in [-0.39, 0.29) is 5.91 Å². The number of carbonyl (C=O) groups is 1. The van der Waals surface area contributed by atoms with Gasteiger partial charge in [0.2, 0.25) is 0 Å². The number of hydrogen-bond donors (Lipinski definition) is 0. The number of aromatic nitrogens is 1. The number of hydrogen-bond acceptors (Lipinski definition) is 5. The lowest BCUT2D eigenvalue weighted by Gasteiger charge is -2.11. The Morgan fingerprint density at radius 1 is 1.14 bits per heavy atom. The summed E-state index contributed by atoms with van der Waals surface area (Å²) in [6.07, 6.45) is 3.24. The maximum Gasteiger partial charge on any atom is 0.280 e. The number of anilines is 1. The van der Waals surface area contributed by atoms with E-state index in [0.717, 1.165) is 5.69 Å². The van der Waals surface area contributed by atoms with Crippen LogP contribution in [0.3, 0.4) is 0 Å². The van der Waals surface area contributed by atoms with Gasteiger partial charge >= 0.3 is 0 Å². The summed E-state index contributed by atoms with van der Waals surface area (Å²) in [5.74, 6) is -0.202. The first kappa shape index (κ1) is 13.1. The first-order valence-corrected chi connectivity index (χ1v) is 6.51. The van der Waals surface area contributed by atoms with Gasteiger partial charge in [0.25, 0.3) is 5.91 Å². The van der Waals surface area contributed by atoms with Crippen LogP contribution in [0, 0.1) is 0 Å². The van der Waals surface area contributed by atoms with Gasteiger partial charge in [0.15, 0.2) is 6.04 Å². The molecule has 1 aromatic carbocycles. The lowest BCUT2D eigenvalue weighted by molar-refractivity contribution is -0.117. The second kappa shape index (κ2) is 5.62.